The Bertz CT molecular complexity index is 607. The topological polar surface area (TPSA) is 59.4 Å². The van der Waals surface area contributed by atoms with Gasteiger partial charge in [0.1, 0.15) is 10.6 Å². The minimum Gasteiger partial charge on any atom is -0.493 e. The van der Waals surface area contributed by atoms with Gasteiger partial charge in [-0.2, -0.15) is 0 Å². The number of carbonyl (C=O) groups is 1. The first-order valence-electron chi connectivity index (χ1n) is 6.51. The van der Waals surface area contributed by atoms with Crippen molar-refractivity contribution in [2.75, 3.05) is 6.61 Å². The maximum absolute atomic E-state index is 11.1. The van der Waals surface area contributed by atoms with E-state index in [0.29, 0.717) is 30.0 Å². The zero-order valence-electron chi connectivity index (χ0n) is 11.5. The normalized spacial score (nSPS) is 10.5. The van der Waals surface area contributed by atoms with Gasteiger partial charge in [0.25, 0.3) is 0 Å². The van der Waals surface area contributed by atoms with Crippen molar-refractivity contribution in [3.63, 3.8) is 0 Å². The summed E-state index contributed by atoms with van der Waals surface area (Å²) >= 11 is 1.24. The number of rotatable bonds is 6. The summed E-state index contributed by atoms with van der Waals surface area (Å²) in [5.41, 5.74) is 1.81. The molecule has 0 radical (unpaired) electrons. The molecule has 1 aromatic carbocycles. The van der Waals surface area contributed by atoms with Crippen molar-refractivity contribution in [1.82, 2.24) is 4.98 Å². The lowest BCUT2D eigenvalue weighted by Crippen LogP contribution is -2.01. The second kappa shape index (κ2) is 6.52. The molecule has 1 N–H and O–H groups in total. The van der Waals surface area contributed by atoms with Crippen LogP contribution in [0.4, 0.5) is 0 Å². The summed E-state index contributed by atoms with van der Waals surface area (Å²) in [7, 11) is 0. The Kier molecular flexibility index (Phi) is 4.74. The smallest absolute Gasteiger partial charge is 0.347 e. The highest BCUT2D eigenvalue weighted by Gasteiger charge is 2.15. The predicted molar refractivity (Wildman–Crippen MR) is 78.8 cm³/mol. The van der Waals surface area contributed by atoms with E-state index in [2.05, 4.69) is 4.98 Å². The van der Waals surface area contributed by atoms with Gasteiger partial charge in [0.05, 0.1) is 17.3 Å². The molecule has 0 spiro atoms. The van der Waals surface area contributed by atoms with Crippen LogP contribution in [0.3, 0.4) is 0 Å². The average molecular weight is 291 g/mol. The molecule has 106 valence electrons. The number of hydrogen-bond donors (Lipinski definition) is 1. The summed E-state index contributed by atoms with van der Waals surface area (Å²) in [4.78, 5) is 15.8. The zero-order chi connectivity index (χ0) is 14.5. The monoisotopic (exact) mass is 291 g/mol. The van der Waals surface area contributed by atoms with Crippen molar-refractivity contribution in [3.8, 4) is 5.75 Å². The molecule has 0 bridgehead atoms. The van der Waals surface area contributed by atoms with E-state index < -0.39 is 5.97 Å². The maximum Gasteiger partial charge on any atom is 0.347 e. The van der Waals surface area contributed by atoms with E-state index in [0.717, 1.165) is 16.3 Å². The van der Waals surface area contributed by atoms with Gasteiger partial charge >= 0.3 is 5.97 Å². The fourth-order valence-electron chi connectivity index (χ4n) is 1.88. The molecule has 4 nitrogen and oxygen atoms in total. The van der Waals surface area contributed by atoms with Crippen LogP contribution in [0.1, 0.15) is 32.9 Å². The maximum atomic E-state index is 11.1. The van der Waals surface area contributed by atoms with Crippen molar-refractivity contribution < 1.29 is 14.6 Å². The summed E-state index contributed by atoms with van der Waals surface area (Å²) in [6, 6.07) is 7.85. The molecule has 0 atom stereocenters. The third-order valence-electron chi connectivity index (χ3n) is 2.84. The summed E-state index contributed by atoms with van der Waals surface area (Å²) < 4.78 is 5.65. The third kappa shape index (κ3) is 3.57. The molecule has 5 heteroatoms. The first-order valence-corrected chi connectivity index (χ1v) is 7.33. The fourth-order valence-corrected chi connectivity index (χ4v) is 2.85. The molecule has 0 aliphatic carbocycles. The number of aromatic carboxylic acids is 1. The Morgan fingerprint density at radius 3 is 2.85 bits per heavy atom. The lowest BCUT2D eigenvalue weighted by molar-refractivity contribution is 0.0701. The van der Waals surface area contributed by atoms with Crippen molar-refractivity contribution in [1.29, 1.82) is 0 Å². The number of benzene rings is 1. The van der Waals surface area contributed by atoms with Gasteiger partial charge in [-0.05, 0) is 31.0 Å². The van der Waals surface area contributed by atoms with Crippen LogP contribution in [-0.4, -0.2) is 22.7 Å². The Labute approximate surface area is 122 Å². The van der Waals surface area contributed by atoms with Crippen LogP contribution < -0.4 is 4.74 Å². The quantitative estimate of drug-likeness (QED) is 0.887. The lowest BCUT2D eigenvalue weighted by Gasteiger charge is -2.05. The minimum atomic E-state index is -0.898. The predicted octanol–water partition coefficient (Wildman–Crippen LogP) is 3.33. The SMILES string of the molecule is CCc1nc(CCOc2cccc(C)c2)sc1C(=O)O. The van der Waals surface area contributed by atoms with Gasteiger partial charge in [-0.15, -0.1) is 11.3 Å². The van der Waals surface area contributed by atoms with Crippen molar-refractivity contribution in [2.45, 2.75) is 26.7 Å². The van der Waals surface area contributed by atoms with Gasteiger partial charge in [0, 0.05) is 6.42 Å². The molecule has 1 aromatic heterocycles. The molecule has 2 aromatic rings. The van der Waals surface area contributed by atoms with Gasteiger partial charge in [-0.25, -0.2) is 9.78 Å². The van der Waals surface area contributed by atoms with Gasteiger partial charge in [-0.3, -0.25) is 0 Å². The standard InChI is InChI=1S/C15H17NO3S/c1-3-12-14(15(17)18)20-13(16-12)7-8-19-11-6-4-5-10(2)9-11/h4-6,9H,3,7-8H2,1-2H3,(H,17,18). The van der Waals surface area contributed by atoms with Crippen molar-refractivity contribution in [3.05, 3.63) is 45.4 Å². The van der Waals surface area contributed by atoms with Crippen LogP contribution in [-0.2, 0) is 12.8 Å². The third-order valence-corrected chi connectivity index (χ3v) is 3.99. The zero-order valence-corrected chi connectivity index (χ0v) is 12.4. The van der Waals surface area contributed by atoms with Gasteiger partial charge in [0.2, 0.25) is 0 Å². The second-order valence-electron chi connectivity index (χ2n) is 4.46. The number of aromatic nitrogens is 1. The summed E-state index contributed by atoms with van der Waals surface area (Å²) in [5.74, 6) is -0.0686. The fraction of sp³-hybridized carbons (Fsp3) is 0.333. The molecule has 1 heterocycles. The molecule has 0 saturated carbocycles. The van der Waals surface area contributed by atoms with Crippen LogP contribution in [0.2, 0.25) is 0 Å². The molecule has 0 fully saturated rings. The molecular weight excluding hydrogens is 274 g/mol. The minimum absolute atomic E-state index is 0.345. The number of ether oxygens (including phenoxy) is 1. The Morgan fingerprint density at radius 2 is 2.25 bits per heavy atom. The first-order chi connectivity index (χ1) is 9.60. The number of aryl methyl sites for hydroxylation is 2. The molecular formula is C15H17NO3S. The van der Waals surface area contributed by atoms with Crippen LogP contribution in [0.25, 0.3) is 0 Å². The van der Waals surface area contributed by atoms with E-state index in [1.807, 2.05) is 38.1 Å². The van der Waals surface area contributed by atoms with Crippen LogP contribution in [0, 0.1) is 6.92 Å². The second-order valence-corrected chi connectivity index (χ2v) is 5.54. The van der Waals surface area contributed by atoms with Crippen molar-refractivity contribution >= 4 is 17.3 Å². The van der Waals surface area contributed by atoms with Gasteiger partial charge < -0.3 is 9.84 Å². The van der Waals surface area contributed by atoms with E-state index >= 15 is 0 Å². The Balaban J connectivity index is 1.96. The molecule has 20 heavy (non-hydrogen) atoms. The van der Waals surface area contributed by atoms with E-state index in [-0.39, 0.29) is 0 Å². The highest BCUT2D eigenvalue weighted by atomic mass is 32.1. The molecule has 0 aliphatic heterocycles. The molecule has 2 rings (SSSR count). The lowest BCUT2D eigenvalue weighted by atomic mass is 10.2. The largest absolute Gasteiger partial charge is 0.493 e. The molecule has 0 saturated heterocycles. The number of carboxylic acid groups (broad SMARTS) is 1. The van der Waals surface area contributed by atoms with E-state index in [9.17, 15) is 4.79 Å². The Hall–Kier alpha value is -1.88. The number of carboxylic acids is 1. The first kappa shape index (κ1) is 14.5. The highest BCUT2D eigenvalue weighted by Crippen LogP contribution is 2.20. The van der Waals surface area contributed by atoms with Gasteiger partial charge in [-0.1, -0.05) is 19.1 Å². The van der Waals surface area contributed by atoms with Crippen LogP contribution >= 0.6 is 11.3 Å². The molecule has 0 amide bonds. The number of hydrogen-bond acceptors (Lipinski definition) is 4. The van der Waals surface area contributed by atoms with Crippen LogP contribution in [0.5, 0.6) is 5.75 Å². The summed E-state index contributed by atoms with van der Waals surface area (Å²) in [6.07, 6.45) is 1.26. The summed E-state index contributed by atoms with van der Waals surface area (Å²) in [6.45, 7) is 4.42. The van der Waals surface area contributed by atoms with E-state index in [1.54, 1.807) is 0 Å². The van der Waals surface area contributed by atoms with Crippen molar-refractivity contribution in [2.24, 2.45) is 0 Å². The molecule has 0 unspecified atom stereocenters. The number of nitrogens with zero attached hydrogens (tertiary/aromatic N) is 1. The average Bonchev–Trinajstić information content (AvgIpc) is 2.82. The summed E-state index contributed by atoms with van der Waals surface area (Å²) in [5, 5.41) is 9.90. The van der Waals surface area contributed by atoms with Gasteiger partial charge in [0.15, 0.2) is 0 Å². The Morgan fingerprint density at radius 1 is 1.45 bits per heavy atom. The number of thiazole rings is 1. The highest BCUT2D eigenvalue weighted by molar-refractivity contribution is 7.13. The van der Waals surface area contributed by atoms with E-state index in [1.165, 1.54) is 11.3 Å². The van der Waals surface area contributed by atoms with E-state index in [4.69, 9.17) is 9.84 Å². The molecule has 0 aliphatic rings. The van der Waals surface area contributed by atoms with Crippen LogP contribution in [0.15, 0.2) is 24.3 Å².